The molecule has 2 amide bonds. The third kappa shape index (κ3) is 3.87. The van der Waals surface area contributed by atoms with E-state index >= 15 is 0 Å². The summed E-state index contributed by atoms with van der Waals surface area (Å²) in [4.78, 5) is 30.5. The van der Waals surface area contributed by atoms with Crippen LogP contribution in [0.4, 0.5) is 16.2 Å². The summed E-state index contributed by atoms with van der Waals surface area (Å²) in [6.45, 7) is 2.98. The molecule has 0 unspecified atom stereocenters. The molecule has 0 aliphatic carbocycles. The molecule has 1 aromatic heterocycles. The van der Waals surface area contributed by atoms with Crippen molar-refractivity contribution in [1.82, 2.24) is 4.98 Å². The number of anilines is 2. The molecule has 31 heavy (non-hydrogen) atoms. The molecule has 0 radical (unpaired) electrons. The van der Waals surface area contributed by atoms with E-state index in [0.717, 1.165) is 26.5 Å². The van der Waals surface area contributed by atoms with E-state index in [-0.39, 0.29) is 12.0 Å². The molecule has 2 heterocycles. The summed E-state index contributed by atoms with van der Waals surface area (Å²) in [6.07, 6.45) is -0.361. The lowest BCUT2D eigenvalue weighted by molar-refractivity contribution is 0.102. The first kappa shape index (κ1) is 19.3. The summed E-state index contributed by atoms with van der Waals surface area (Å²) in [5.41, 5.74) is 5.16. The number of aryl methyl sites for hydroxylation is 1. The van der Waals surface area contributed by atoms with Gasteiger partial charge in [0.15, 0.2) is 0 Å². The lowest BCUT2D eigenvalue weighted by Crippen LogP contribution is -2.23. The fraction of sp³-hybridized carbons (Fsp3) is 0.125. The van der Waals surface area contributed by atoms with Crippen molar-refractivity contribution >= 4 is 44.9 Å². The fourth-order valence-electron chi connectivity index (χ4n) is 3.48. The van der Waals surface area contributed by atoms with Gasteiger partial charge in [0.2, 0.25) is 0 Å². The zero-order chi connectivity index (χ0) is 21.4. The van der Waals surface area contributed by atoms with Gasteiger partial charge in [-0.05, 0) is 73.2 Å². The van der Waals surface area contributed by atoms with Crippen molar-refractivity contribution < 1.29 is 14.3 Å². The number of hydrogen-bond acceptors (Lipinski definition) is 5. The first-order valence-corrected chi connectivity index (χ1v) is 10.7. The van der Waals surface area contributed by atoms with Crippen LogP contribution in [0, 0.1) is 6.92 Å². The highest BCUT2D eigenvalue weighted by Gasteiger charge is 2.23. The molecule has 1 aliphatic rings. The van der Waals surface area contributed by atoms with Gasteiger partial charge in [0, 0.05) is 22.5 Å². The van der Waals surface area contributed by atoms with Crippen LogP contribution in [0.1, 0.15) is 15.9 Å². The number of carbonyl (C=O) groups excluding carboxylic acids is 2. The molecule has 7 heteroatoms. The Hall–Kier alpha value is -3.71. The third-order valence-electron chi connectivity index (χ3n) is 5.14. The van der Waals surface area contributed by atoms with Crippen molar-refractivity contribution in [2.24, 2.45) is 0 Å². The van der Waals surface area contributed by atoms with E-state index in [1.807, 2.05) is 30.3 Å². The second-order valence-electron chi connectivity index (χ2n) is 7.33. The van der Waals surface area contributed by atoms with E-state index in [2.05, 4.69) is 24.4 Å². The third-order valence-corrected chi connectivity index (χ3v) is 6.20. The normalized spacial score (nSPS) is 13.5. The molecule has 0 atom stereocenters. The highest BCUT2D eigenvalue weighted by atomic mass is 32.1. The maximum absolute atomic E-state index is 12.6. The molecule has 6 nitrogen and oxygen atoms in total. The minimum absolute atomic E-state index is 0.209. The summed E-state index contributed by atoms with van der Waals surface area (Å²) in [6, 6.07) is 20.8. The number of ether oxygens (including phenoxy) is 1. The fourth-order valence-corrected chi connectivity index (χ4v) is 4.54. The van der Waals surface area contributed by atoms with E-state index in [1.54, 1.807) is 40.5 Å². The first-order chi connectivity index (χ1) is 15.1. The number of thiazole rings is 1. The standard InChI is InChI=1S/C24H19N3O3S/c1-15-2-11-20-21(14-15)31-23(26-20)17-3-7-18(8-4-17)25-22(28)16-5-9-19(10-6-16)27-12-13-30-24(27)29/h2-11,14H,12-13H2,1H3,(H,25,28). The number of benzene rings is 3. The van der Waals surface area contributed by atoms with Crippen LogP contribution in [0.3, 0.4) is 0 Å². The van der Waals surface area contributed by atoms with Crippen molar-refractivity contribution in [2.75, 3.05) is 23.4 Å². The van der Waals surface area contributed by atoms with Crippen LogP contribution >= 0.6 is 11.3 Å². The van der Waals surface area contributed by atoms with Gasteiger partial charge in [-0.25, -0.2) is 9.78 Å². The maximum atomic E-state index is 12.6. The molecule has 1 aliphatic heterocycles. The average molecular weight is 430 g/mol. The van der Waals surface area contributed by atoms with Crippen LogP contribution in [0.25, 0.3) is 20.8 Å². The van der Waals surface area contributed by atoms with Crippen molar-refractivity contribution in [3.8, 4) is 10.6 Å². The Bertz CT molecular complexity index is 1280. The molecular formula is C24H19N3O3S. The lowest BCUT2D eigenvalue weighted by atomic mass is 10.1. The molecule has 3 aromatic carbocycles. The monoisotopic (exact) mass is 429 g/mol. The maximum Gasteiger partial charge on any atom is 0.414 e. The lowest BCUT2D eigenvalue weighted by Gasteiger charge is -2.13. The molecule has 4 aromatic rings. The molecule has 1 saturated heterocycles. The molecule has 0 spiro atoms. The summed E-state index contributed by atoms with van der Waals surface area (Å²) in [5.74, 6) is -0.209. The van der Waals surface area contributed by atoms with Crippen LogP contribution in [-0.4, -0.2) is 30.1 Å². The number of carbonyl (C=O) groups is 2. The van der Waals surface area contributed by atoms with E-state index in [0.29, 0.717) is 24.4 Å². The Morgan fingerprint density at radius 3 is 2.55 bits per heavy atom. The Kier molecular flexibility index (Phi) is 4.88. The highest BCUT2D eigenvalue weighted by molar-refractivity contribution is 7.21. The largest absolute Gasteiger partial charge is 0.447 e. The minimum atomic E-state index is -0.361. The molecule has 1 N–H and O–H groups in total. The van der Waals surface area contributed by atoms with E-state index in [9.17, 15) is 9.59 Å². The molecule has 0 bridgehead atoms. The van der Waals surface area contributed by atoms with Crippen molar-refractivity contribution in [2.45, 2.75) is 6.92 Å². The van der Waals surface area contributed by atoms with Crippen molar-refractivity contribution in [3.63, 3.8) is 0 Å². The topological polar surface area (TPSA) is 71.5 Å². The van der Waals surface area contributed by atoms with Gasteiger partial charge < -0.3 is 10.1 Å². The van der Waals surface area contributed by atoms with Gasteiger partial charge in [0.1, 0.15) is 11.6 Å². The molecule has 154 valence electrons. The van der Waals surface area contributed by atoms with E-state index in [4.69, 9.17) is 9.72 Å². The van der Waals surface area contributed by atoms with Crippen molar-refractivity contribution in [1.29, 1.82) is 0 Å². The predicted molar refractivity (Wildman–Crippen MR) is 123 cm³/mol. The second-order valence-corrected chi connectivity index (χ2v) is 8.37. The van der Waals surface area contributed by atoms with Crippen LogP contribution < -0.4 is 10.2 Å². The average Bonchev–Trinajstić information content (AvgIpc) is 3.40. The Balaban J connectivity index is 1.28. The number of cyclic esters (lactones) is 1. The first-order valence-electron chi connectivity index (χ1n) is 9.90. The van der Waals surface area contributed by atoms with E-state index in [1.165, 1.54) is 5.56 Å². The summed E-state index contributed by atoms with van der Waals surface area (Å²) < 4.78 is 6.11. The quantitative estimate of drug-likeness (QED) is 0.466. The second kappa shape index (κ2) is 7.85. The molecule has 5 rings (SSSR count). The molecule has 1 fully saturated rings. The summed E-state index contributed by atoms with van der Waals surface area (Å²) >= 11 is 1.66. The van der Waals surface area contributed by atoms with Gasteiger partial charge in [0.05, 0.1) is 16.8 Å². The van der Waals surface area contributed by atoms with Crippen molar-refractivity contribution in [3.05, 3.63) is 77.9 Å². The number of fused-ring (bicyclic) bond motifs is 1. The minimum Gasteiger partial charge on any atom is -0.447 e. The van der Waals surface area contributed by atoms with Crippen LogP contribution in [0.2, 0.25) is 0 Å². The number of amides is 2. The number of hydrogen-bond donors (Lipinski definition) is 1. The Morgan fingerprint density at radius 1 is 1.06 bits per heavy atom. The zero-order valence-electron chi connectivity index (χ0n) is 16.8. The summed E-state index contributed by atoms with van der Waals surface area (Å²) in [7, 11) is 0. The van der Waals surface area contributed by atoms with Gasteiger partial charge in [0.25, 0.3) is 5.91 Å². The number of nitrogens with one attached hydrogen (secondary N) is 1. The number of aromatic nitrogens is 1. The predicted octanol–water partition coefficient (Wildman–Crippen LogP) is 5.48. The zero-order valence-corrected chi connectivity index (χ0v) is 17.6. The van der Waals surface area contributed by atoms with Gasteiger partial charge >= 0.3 is 6.09 Å². The Labute approximate surface area is 183 Å². The smallest absolute Gasteiger partial charge is 0.414 e. The molecule has 0 saturated carbocycles. The SMILES string of the molecule is Cc1ccc2nc(-c3ccc(NC(=O)c4ccc(N5CCOC5=O)cc4)cc3)sc2c1. The van der Waals surface area contributed by atoms with Gasteiger partial charge in [-0.1, -0.05) is 6.07 Å². The van der Waals surface area contributed by atoms with Crippen LogP contribution in [0.5, 0.6) is 0 Å². The van der Waals surface area contributed by atoms with Gasteiger partial charge in [-0.2, -0.15) is 0 Å². The van der Waals surface area contributed by atoms with Gasteiger partial charge in [-0.3, -0.25) is 9.69 Å². The van der Waals surface area contributed by atoms with Crippen LogP contribution in [-0.2, 0) is 4.74 Å². The number of nitrogens with zero attached hydrogens (tertiary/aromatic N) is 2. The van der Waals surface area contributed by atoms with E-state index < -0.39 is 0 Å². The molecular weight excluding hydrogens is 410 g/mol. The summed E-state index contributed by atoms with van der Waals surface area (Å²) in [5, 5.41) is 3.86. The highest BCUT2D eigenvalue weighted by Crippen LogP contribution is 2.31. The van der Waals surface area contributed by atoms with Gasteiger partial charge in [-0.15, -0.1) is 11.3 Å². The number of rotatable bonds is 4. The Morgan fingerprint density at radius 2 is 1.84 bits per heavy atom. The van der Waals surface area contributed by atoms with Crippen LogP contribution in [0.15, 0.2) is 66.7 Å².